The molecule has 61 heavy (non-hydrogen) atoms. The molecule has 5 heteroatoms. The Bertz CT molecular complexity index is 2680. The van der Waals surface area contributed by atoms with Gasteiger partial charge in [-0.05, 0) is 116 Å². The van der Waals surface area contributed by atoms with Crippen LogP contribution in [0.2, 0.25) is 0 Å². The zero-order valence-electron chi connectivity index (χ0n) is 35.7. The second-order valence-electron chi connectivity index (χ2n) is 18.3. The van der Waals surface area contributed by atoms with E-state index in [2.05, 4.69) is 233 Å². The van der Waals surface area contributed by atoms with Crippen molar-refractivity contribution in [2.45, 2.75) is 52.4 Å². The summed E-state index contributed by atoms with van der Waals surface area (Å²) in [5, 5.41) is 5.27. The van der Waals surface area contributed by atoms with Gasteiger partial charge in [-0.15, -0.1) is 0 Å². The van der Waals surface area contributed by atoms with Crippen molar-refractivity contribution in [2.24, 2.45) is 0 Å². The lowest BCUT2D eigenvalue weighted by Crippen LogP contribution is -2.74. The lowest BCUT2D eigenvalue weighted by atomic mass is 9.86. The van der Waals surface area contributed by atoms with E-state index in [0.717, 1.165) is 57.1 Å². The van der Waals surface area contributed by atoms with Gasteiger partial charge in [0, 0.05) is 11.4 Å². The van der Waals surface area contributed by atoms with Crippen LogP contribution in [-0.4, -0.2) is 8.07 Å². The third kappa shape index (κ3) is 6.61. The van der Waals surface area contributed by atoms with E-state index in [9.17, 15) is 0 Å². The van der Waals surface area contributed by atoms with Gasteiger partial charge in [0.25, 0.3) is 0 Å². The van der Waals surface area contributed by atoms with Crippen molar-refractivity contribution in [3.8, 4) is 23.0 Å². The molecule has 0 saturated carbocycles. The molecule has 0 amide bonds. The first-order chi connectivity index (χ1) is 29.5. The molecule has 8 aromatic rings. The van der Waals surface area contributed by atoms with E-state index in [1.165, 1.54) is 31.9 Å². The van der Waals surface area contributed by atoms with Crippen molar-refractivity contribution >= 4 is 62.9 Å². The summed E-state index contributed by atoms with van der Waals surface area (Å²) in [6.07, 6.45) is 0. The second-order valence-corrected chi connectivity index (χ2v) is 22.1. The normalized spacial score (nSPS) is 13.3. The molecule has 2 heterocycles. The topological polar surface area (TPSA) is 24.9 Å². The molecule has 2 aliphatic heterocycles. The van der Waals surface area contributed by atoms with Crippen molar-refractivity contribution < 1.29 is 9.47 Å². The molecule has 2 aliphatic rings. The molecule has 0 N–H and O–H groups in total. The summed E-state index contributed by atoms with van der Waals surface area (Å²) in [4.78, 5) is 4.69. The van der Waals surface area contributed by atoms with Crippen LogP contribution in [0.15, 0.2) is 194 Å². The van der Waals surface area contributed by atoms with E-state index in [4.69, 9.17) is 9.47 Å². The van der Waals surface area contributed by atoms with Crippen LogP contribution >= 0.6 is 0 Å². The fourth-order valence-corrected chi connectivity index (χ4v) is 13.8. The molecule has 300 valence electrons. The summed E-state index contributed by atoms with van der Waals surface area (Å²) in [7, 11) is -2.87. The highest BCUT2D eigenvalue weighted by atomic mass is 28.3. The Morgan fingerprint density at radius 3 is 1.03 bits per heavy atom. The minimum absolute atomic E-state index is 0.00377. The predicted octanol–water partition coefficient (Wildman–Crippen LogP) is 12.8. The van der Waals surface area contributed by atoms with Gasteiger partial charge in [0.05, 0.1) is 22.7 Å². The largest absolute Gasteiger partial charge is 0.453 e. The highest BCUT2D eigenvalue weighted by molar-refractivity contribution is 7.19. The van der Waals surface area contributed by atoms with Crippen LogP contribution in [0.1, 0.15) is 52.7 Å². The number of para-hydroxylation sites is 4. The van der Waals surface area contributed by atoms with Gasteiger partial charge in [-0.1, -0.05) is 163 Å². The molecule has 0 bridgehead atoms. The van der Waals surface area contributed by atoms with Crippen LogP contribution in [0.5, 0.6) is 23.0 Å². The number of anilines is 6. The zero-order chi connectivity index (χ0) is 41.9. The van der Waals surface area contributed by atoms with E-state index in [1.807, 2.05) is 12.1 Å². The number of benzene rings is 8. The minimum Gasteiger partial charge on any atom is -0.453 e. The van der Waals surface area contributed by atoms with Crippen molar-refractivity contribution in [1.82, 2.24) is 0 Å². The third-order valence-electron chi connectivity index (χ3n) is 12.3. The molecule has 0 spiro atoms. The fourth-order valence-electron chi connectivity index (χ4n) is 9.10. The molecule has 8 aromatic carbocycles. The van der Waals surface area contributed by atoms with Gasteiger partial charge in [-0.2, -0.15) is 0 Å². The first kappa shape index (κ1) is 38.4. The van der Waals surface area contributed by atoms with Crippen LogP contribution < -0.4 is 40.0 Å². The third-order valence-corrected chi connectivity index (χ3v) is 17.1. The Hall–Kier alpha value is -6.82. The molecule has 0 atom stereocenters. The number of hydrogen-bond acceptors (Lipinski definition) is 4. The number of nitrogens with zero attached hydrogens (tertiary/aromatic N) is 2. The summed E-state index contributed by atoms with van der Waals surface area (Å²) < 4.78 is 13.2. The highest BCUT2D eigenvalue weighted by Crippen LogP contribution is 2.52. The van der Waals surface area contributed by atoms with E-state index < -0.39 is 8.07 Å². The molecule has 4 nitrogen and oxygen atoms in total. The van der Waals surface area contributed by atoms with Gasteiger partial charge in [-0.3, -0.25) is 0 Å². The Morgan fingerprint density at radius 2 is 0.656 bits per heavy atom. The standard InChI is InChI=1S/C56H50N2O2Si/c1-55(2,3)39-25-35-49-53(37-39)59-51-23-15-13-21-47(51)57(49)41-27-31-45(32-28-41)61(43-17-9-7-10-18-43,44-19-11-8-12-20-44)46-33-29-42(30-34-46)58-48-22-14-16-24-52(48)60-54-38-40(56(4,5)6)26-36-50(54)58/h7-38H,1-6H3. The van der Waals surface area contributed by atoms with Crippen LogP contribution in [0.4, 0.5) is 34.1 Å². The van der Waals surface area contributed by atoms with Crippen LogP contribution in [0.3, 0.4) is 0 Å². The predicted molar refractivity (Wildman–Crippen MR) is 257 cm³/mol. The Kier molecular flexibility index (Phi) is 9.26. The summed E-state index contributed by atoms with van der Waals surface area (Å²) in [5.41, 5.74) is 8.76. The van der Waals surface area contributed by atoms with Crippen LogP contribution in [0, 0.1) is 0 Å². The molecule has 0 aliphatic carbocycles. The van der Waals surface area contributed by atoms with E-state index >= 15 is 0 Å². The van der Waals surface area contributed by atoms with Gasteiger partial charge in [0.1, 0.15) is 0 Å². The summed E-state index contributed by atoms with van der Waals surface area (Å²) in [6, 6.07) is 70.9. The second kappa shape index (κ2) is 14.7. The summed E-state index contributed by atoms with van der Waals surface area (Å²) in [5.74, 6) is 3.44. The first-order valence-electron chi connectivity index (χ1n) is 21.3. The maximum absolute atomic E-state index is 6.58. The lowest BCUT2D eigenvalue weighted by Gasteiger charge is -2.37. The molecular formula is C56H50N2O2Si. The Morgan fingerprint density at radius 1 is 0.328 bits per heavy atom. The van der Waals surface area contributed by atoms with Gasteiger partial charge >= 0.3 is 0 Å². The zero-order valence-corrected chi connectivity index (χ0v) is 36.7. The van der Waals surface area contributed by atoms with Gasteiger partial charge < -0.3 is 19.3 Å². The van der Waals surface area contributed by atoms with Crippen LogP contribution in [-0.2, 0) is 10.8 Å². The number of rotatable bonds is 6. The molecule has 0 unspecified atom stereocenters. The summed E-state index contributed by atoms with van der Waals surface area (Å²) in [6.45, 7) is 13.5. The number of ether oxygens (including phenoxy) is 2. The van der Waals surface area contributed by atoms with E-state index in [-0.39, 0.29) is 10.8 Å². The smallest absolute Gasteiger partial charge is 0.179 e. The Labute approximate surface area is 361 Å². The van der Waals surface area contributed by atoms with Crippen molar-refractivity contribution in [3.63, 3.8) is 0 Å². The average Bonchev–Trinajstić information content (AvgIpc) is 3.28. The fraction of sp³-hybridized carbons (Fsp3) is 0.143. The summed E-state index contributed by atoms with van der Waals surface area (Å²) >= 11 is 0. The monoisotopic (exact) mass is 810 g/mol. The number of fused-ring (bicyclic) bond motifs is 4. The molecule has 0 fully saturated rings. The average molecular weight is 811 g/mol. The van der Waals surface area contributed by atoms with Crippen LogP contribution in [0.25, 0.3) is 0 Å². The van der Waals surface area contributed by atoms with Crippen molar-refractivity contribution in [3.05, 3.63) is 205 Å². The van der Waals surface area contributed by atoms with Crippen molar-refractivity contribution in [1.29, 1.82) is 0 Å². The Balaban J connectivity index is 1.12. The highest BCUT2D eigenvalue weighted by Gasteiger charge is 2.42. The van der Waals surface area contributed by atoms with E-state index in [0.29, 0.717) is 0 Å². The maximum Gasteiger partial charge on any atom is 0.179 e. The SMILES string of the molecule is CC(C)(C)c1ccc2c(c1)Oc1ccccc1N2c1ccc([Si](c2ccccc2)(c2ccccc2)c2ccc(N3c4ccccc4Oc4cc(C(C)(C)C)ccc43)cc2)cc1. The molecule has 0 saturated heterocycles. The molecule has 0 aromatic heterocycles. The van der Waals surface area contributed by atoms with Gasteiger partial charge in [0.2, 0.25) is 0 Å². The molecular weight excluding hydrogens is 761 g/mol. The minimum atomic E-state index is -2.87. The van der Waals surface area contributed by atoms with Gasteiger partial charge in [0.15, 0.2) is 31.1 Å². The van der Waals surface area contributed by atoms with Gasteiger partial charge in [-0.25, -0.2) is 0 Å². The molecule has 10 rings (SSSR count). The first-order valence-corrected chi connectivity index (χ1v) is 23.3. The van der Waals surface area contributed by atoms with Crippen molar-refractivity contribution in [2.75, 3.05) is 9.80 Å². The molecule has 0 radical (unpaired) electrons. The lowest BCUT2D eigenvalue weighted by molar-refractivity contribution is 0.473. The number of hydrogen-bond donors (Lipinski definition) is 0. The van der Waals surface area contributed by atoms with E-state index in [1.54, 1.807) is 0 Å². The quantitative estimate of drug-likeness (QED) is 0.123. The maximum atomic E-state index is 6.58.